The Morgan fingerprint density at radius 1 is 1.42 bits per heavy atom. The summed E-state index contributed by atoms with van der Waals surface area (Å²) in [5.41, 5.74) is 6.14. The first kappa shape index (κ1) is 14.4. The second-order valence-corrected chi connectivity index (χ2v) is 6.78. The van der Waals surface area contributed by atoms with Crippen molar-refractivity contribution in [2.45, 2.75) is 17.4 Å². The van der Waals surface area contributed by atoms with Gasteiger partial charge in [0.15, 0.2) is 0 Å². The number of ether oxygens (including phenoxy) is 1. The van der Waals surface area contributed by atoms with Crippen molar-refractivity contribution in [3.8, 4) is 0 Å². The third-order valence-electron chi connectivity index (χ3n) is 3.22. The van der Waals surface area contributed by atoms with Crippen LogP contribution in [0, 0.1) is 0 Å². The standard InChI is InChI=1S/C12H16N2O3S2/c1-17-10-6-7-14(8-10)19(15,16)11-4-2-9(3-5-11)12(13)18/h2-5,10H,6-8H2,1H3,(H2,13,18). The molecule has 2 N–H and O–H groups in total. The van der Waals surface area contributed by atoms with Crippen molar-refractivity contribution in [2.24, 2.45) is 5.73 Å². The zero-order valence-electron chi connectivity index (χ0n) is 10.6. The minimum atomic E-state index is -3.45. The number of nitrogens with zero attached hydrogens (tertiary/aromatic N) is 1. The van der Waals surface area contributed by atoms with Gasteiger partial charge < -0.3 is 10.5 Å². The Morgan fingerprint density at radius 2 is 2.05 bits per heavy atom. The second-order valence-electron chi connectivity index (χ2n) is 4.40. The van der Waals surface area contributed by atoms with Crippen molar-refractivity contribution in [3.05, 3.63) is 29.8 Å². The van der Waals surface area contributed by atoms with Crippen molar-refractivity contribution in [1.82, 2.24) is 4.31 Å². The van der Waals surface area contributed by atoms with E-state index in [2.05, 4.69) is 0 Å². The number of sulfonamides is 1. The lowest BCUT2D eigenvalue weighted by atomic mass is 10.2. The first-order chi connectivity index (χ1) is 8.95. The molecule has 1 aromatic rings. The Hall–Kier alpha value is -1.02. The van der Waals surface area contributed by atoms with E-state index in [1.54, 1.807) is 19.2 Å². The van der Waals surface area contributed by atoms with Gasteiger partial charge in [0.2, 0.25) is 10.0 Å². The molecule has 1 aliphatic rings. The lowest BCUT2D eigenvalue weighted by molar-refractivity contribution is 0.115. The molecule has 0 bridgehead atoms. The van der Waals surface area contributed by atoms with Crippen LogP contribution in [-0.2, 0) is 14.8 Å². The predicted molar refractivity (Wildman–Crippen MR) is 76.5 cm³/mol. The average Bonchev–Trinajstić information content (AvgIpc) is 2.88. The summed E-state index contributed by atoms with van der Waals surface area (Å²) in [6, 6.07) is 6.31. The lowest BCUT2D eigenvalue weighted by Crippen LogP contribution is -2.30. The fraction of sp³-hybridized carbons (Fsp3) is 0.417. The molecular weight excluding hydrogens is 284 g/mol. The minimum Gasteiger partial charge on any atom is -0.389 e. The largest absolute Gasteiger partial charge is 0.389 e. The molecule has 1 saturated heterocycles. The highest BCUT2D eigenvalue weighted by atomic mass is 32.2. The fourth-order valence-corrected chi connectivity index (χ4v) is 3.67. The van der Waals surface area contributed by atoms with Crippen LogP contribution in [0.15, 0.2) is 29.2 Å². The summed E-state index contributed by atoms with van der Waals surface area (Å²) >= 11 is 4.84. The molecule has 0 aromatic heterocycles. The van der Waals surface area contributed by atoms with E-state index < -0.39 is 10.0 Å². The maximum absolute atomic E-state index is 12.4. The van der Waals surface area contributed by atoms with Gasteiger partial charge in [-0.1, -0.05) is 24.4 Å². The van der Waals surface area contributed by atoms with Gasteiger partial charge in [0.1, 0.15) is 4.99 Å². The van der Waals surface area contributed by atoms with Gasteiger partial charge in [0.25, 0.3) is 0 Å². The van der Waals surface area contributed by atoms with Gasteiger partial charge in [0, 0.05) is 25.8 Å². The van der Waals surface area contributed by atoms with Crippen LogP contribution < -0.4 is 5.73 Å². The van der Waals surface area contributed by atoms with E-state index >= 15 is 0 Å². The van der Waals surface area contributed by atoms with Crippen LogP contribution in [0.4, 0.5) is 0 Å². The van der Waals surface area contributed by atoms with Crippen molar-refractivity contribution in [1.29, 1.82) is 0 Å². The average molecular weight is 300 g/mol. The third kappa shape index (κ3) is 2.94. The van der Waals surface area contributed by atoms with Crippen molar-refractivity contribution in [3.63, 3.8) is 0 Å². The lowest BCUT2D eigenvalue weighted by Gasteiger charge is -2.16. The second kappa shape index (κ2) is 5.54. The number of hydrogen-bond donors (Lipinski definition) is 1. The zero-order chi connectivity index (χ0) is 14.0. The molecule has 1 atom stereocenters. The number of hydrogen-bond acceptors (Lipinski definition) is 4. The molecule has 2 rings (SSSR count). The minimum absolute atomic E-state index is 0.0225. The molecule has 0 aliphatic carbocycles. The molecular formula is C12H16N2O3S2. The van der Waals surface area contributed by atoms with Crippen LogP contribution in [0.3, 0.4) is 0 Å². The van der Waals surface area contributed by atoms with Gasteiger partial charge in [0.05, 0.1) is 11.0 Å². The van der Waals surface area contributed by atoms with Crippen LogP contribution in [0.2, 0.25) is 0 Å². The Bertz CT molecular complexity index is 569. The summed E-state index contributed by atoms with van der Waals surface area (Å²) in [5, 5.41) is 0. The molecule has 1 unspecified atom stereocenters. The molecule has 19 heavy (non-hydrogen) atoms. The molecule has 1 aliphatic heterocycles. The van der Waals surface area contributed by atoms with Crippen molar-refractivity contribution < 1.29 is 13.2 Å². The molecule has 7 heteroatoms. The van der Waals surface area contributed by atoms with Crippen LogP contribution in [-0.4, -0.2) is 44.0 Å². The number of rotatable bonds is 4. The maximum Gasteiger partial charge on any atom is 0.243 e. The smallest absolute Gasteiger partial charge is 0.243 e. The summed E-state index contributed by atoms with van der Waals surface area (Å²) < 4.78 is 31.4. The summed E-state index contributed by atoms with van der Waals surface area (Å²) in [4.78, 5) is 0.508. The SMILES string of the molecule is COC1CCN(S(=O)(=O)c2ccc(C(N)=S)cc2)C1. The Labute approximate surface area is 118 Å². The maximum atomic E-state index is 12.4. The topological polar surface area (TPSA) is 72.6 Å². The molecule has 104 valence electrons. The van der Waals surface area contributed by atoms with Crippen LogP contribution >= 0.6 is 12.2 Å². The summed E-state index contributed by atoms with van der Waals surface area (Å²) in [6.45, 7) is 0.883. The molecule has 0 radical (unpaired) electrons. The Kier molecular flexibility index (Phi) is 4.19. The quantitative estimate of drug-likeness (QED) is 0.830. The van der Waals surface area contributed by atoms with Crippen LogP contribution in [0.1, 0.15) is 12.0 Å². The van der Waals surface area contributed by atoms with E-state index in [4.69, 9.17) is 22.7 Å². The summed E-state index contributed by atoms with van der Waals surface area (Å²) in [6.07, 6.45) is 0.700. The highest BCUT2D eigenvalue weighted by Crippen LogP contribution is 2.22. The molecule has 0 amide bonds. The number of thiocarbonyl (C=S) groups is 1. The molecule has 0 saturated carbocycles. The van der Waals surface area contributed by atoms with Gasteiger partial charge in [-0.25, -0.2) is 8.42 Å². The van der Waals surface area contributed by atoms with Gasteiger partial charge in [-0.05, 0) is 18.6 Å². The fourth-order valence-electron chi connectivity index (χ4n) is 2.05. The summed E-state index contributed by atoms with van der Waals surface area (Å²) in [5.74, 6) is 0. The van der Waals surface area contributed by atoms with Crippen molar-refractivity contribution in [2.75, 3.05) is 20.2 Å². The van der Waals surface area contributed by atoms with Gasteiger partial charge in [-0.3, -0.25) is 0 Å². The normalized spacial score (nSPS) is 20.6. The van der Waals surface area contributed by atoms with E-state index in [1.807, 2.05) is 0 Å². The van der Waals surface area contributed by atoms with Crippen LogP contribution in [0.25, 0.3) is 0 Å². The van der Waals surface area contributed by atoms with E-state index in [-0.39, 0.29) is 16.0 Å². The Morgan fingerprint density at radius 3 is 2.53 bits per heavy atom. The molecule has 1 aromatic carbocycles. The number of benzene rings is 1. The van der Waals surface area contributed by atoms with Gasteiger partial charge in [-0.15, -0.1) is 0 Å². The van der Waals surface area contributed by atoms with E-state index in [0.717, 1.165) is 6.42 Å². The first-order valence-electron chi connectivity index (χ1n) is 5.88. The molecule has 1 fully saturated rings. The third-order valence-corrected chi connectivity index (χ3v) is 5.33. The monoisotopic (exact) mass is 300 g/mol. The number of methoxy groups -OCH3 is 1. The van der Waals surface area contributed by atoms with E-state index in [9.17, 15) is 8.42 Å². The predicted octanol–water partition coefficient (Wildman–Crippen LogP) is 0.730. The van der Waals surface area contributed by atoms with Crippen LogP contribution in [0.5, 0.6) is 0 Å². The van der Waals surface area contributed by atoms with E-state index in [1.165, 1.54) is 16.4 Å². The van der Waals surface area contributed by atoms with Gasteiger partial charge >= 0.3 is 0 Å². The highest BCUT2D eigenvalue weighted by molar-refractivity contribution is 7.89. The molecule has 0 spiro atoms. The Balaban J connectivity index is 2.22. The zero-order valence-corrected chi connectivity index (χ0v) is 12.2. The first-order valence-corrected chi connectivity index (χ1v) is 7.73. The van der Waals surface area contributed by atoms with E-state index in [0.29, 0.717) is 18.7 Å². The number of nitrogens with two attached hydrogens (primary N) is 1. The highest BCUT2D eigenvalue weighted by Gasteiger charge is 2.32. The van der Waals surface area contributed by atoms with Gasteiger partial charge in [-0.2, -0.15) is 4.31 Å². The molecule has 1 heterocycles. The molecule has 5 nitrogen and oxygen atoms in total. The van der Waals surface area contributed by atoms with Crippen molar-refractivity contribution >= 4 is 27.2 Å². The summed E-state index contributed by atoms with van der Waals surface area (Å²) in [7, 11) is -1.86.